The summed E-state index contributed by atoms with van der Waals surface area (Å²) in [6.07, 6.45) is 2.58. The molecule has 1 aromatic heterocycles. The van der Waals surface area contributed by atoms with Gasteiger partial charge in [0.1, 0.15) is 0 Å². The Balaban J connectivity index is 1.76. The maximum absolute atomic E-state index is 12.6. The molecule has 2 fully saturated rings. The lowest BCUT2D eigenvalue weighted by atomic mass is 10.2. The molecule has 1 amide bonds. The normalized spacial score (nSPS) is 27.7. The predicted molar refractivity (Wildman–Crippen MR) is 51.7 cm³/mol. The van der Waals surface area contributed by atoms with Gasteiger partial charge in [0.2, 0.25) is 5.95 Å². The molecule has 15 heavy (non-hydrogen) atoms. The van der Waals surface area contributed by atoms with E-state index >= 15 is 0 Å². The fourth-order valence-corrected chi connectivity index (χ4v) is 2.25. The van der Waals surface area contributed by atoms with Crippen LogP contribution in [0, 0.1) is 17.8 Å². The van der Waals surface area contributed by atoms with E-state index in [0.29, 0.717) is 5.56 Å². The Labute approximate surface area is 86.9 Å². The summed E-state index contributed by atoms with van der Waals surface area (Å²) in [6.45, 7) is 1.72. The maximum Gasteiger partial charge on any atom is 0.255 e. The predicted octanol–water partition coefficient (Wildman–Crippen LogP) is 1.31. The molecule has 1 aromatic rings. The molecule has 0 aromatic carbocycles. The van der Waals surface area contributed by atoms with Crippen LogP contribution in [0.4, 0.5) is 4.39 Å². The molecular weight excluding hydrogens is 195 g/mol. The van der Waals surface area contributed by atoms with E-state index in [1.54, 1.807) is 0 Å². The number of aromatic nitrogens is 1. The molecule has 1 saturated heterocycles. The van der Waals surface area contributed by atoms with Gasteiger partial charge in [-0.3, -0.25) is 4.79 Å². The Morgan fingerprint density at radius 1 is 1.40 bits per heavy atom. The van der Waals surface area contributed by atoms with Crippen molar-refractivity contribution >= 4 is 5.91 Å². The summed E-state index contributed by atoms with van der Waals surface area (Å²) in [5, 5.41) is 0. The smallest absolute Gasteiger partial charge is 0.255 e. The second-order valence-corrected chi connectivity index (χ2v) is 4.34. The second-order valence-electron chi connectivity index (χ2n) is 4.34. The third kappa shape index (κ3) is 1.50. The summed E-state index contributed by atoms with van der Waals surface area (Å²) >= 11 is 0. The zero-order valence-corrected chi connectivity index (χ0v) is 8.19. The van der Waals surface area contributed by atoms with Gasteiger partial charge in [0.05, 0.1) is 5.56 Å². The van der Waals surface area contributed by atoms with Crippen molar-refractivity contribution < 1.29 is 9.18 Å². The monoisotopic (exact) mass is 206 g/mol. The summed E-state index contributed by atoms with van der Waals surface area (Å²) in [6, 6.07) is 2.72. The number of likely N-dealkylation sites (tertiary alicyclic amines) is 1. The van der Waals surface area contributed by atoms with Gasteiger partial charge in [-0.05, 0) is 30.4 Å². The zero-order valence-electron chi connectivity index (χ0n) is 8.19. The minimum atomic E-state index is -0.546. The molecule has 1 aliphatic carbocycles. The van der Waals surface area contributed by atoms with Crippen molar-refractivity contribution in [3.63, 3.8) is 0 Å². The van der Waals surface area contributed by atoms with Crippen LogP contribution >= 0.6 is 0 Å². The van der Waals surface area contributed by atoms with Gasteiger partial charge in [0, 0.05) is 19.3 Å². The minimum Gasteiger partial charge on any atom is -0.338 e. The van der Waals surface area contributed by atoms with E-state index < -0.39 is 5.95 Å². The van der Waals surface area contributed by atoms with E-state index in [1.807, 2.05) is 4.90 Å². The first-order chi connectivity index (χ1) is 7.24. The van der Waals surface area contributed by atoms with E-state index in [4.69, 9.17) is 0 Å². The van der Waals surface area contributed by atoms with E-state index in [9.17, 15) is 9.18 Å². The molecule has 3 nitrogen and oxygen atoms in total. The maximum atomic E-state index is 12.6. The van der Waals surface area contributed by atoms with Crippen molar-refractivity contribution in [1.29, 1.82) is 0 Å². The third-order valence-corrected chi connectivity index (χ3v) is 3.24. The van der Waals surface area contributed by atoms with Crippen LogP contribution in [-0.4, -0.2) is 28.9 Å². The minimum absolute atomic E-state index is 0.0188. The number of halogens is 1. The molecular formula is C11H11FN2O. The number of nitrogens with zero attached hydrogens (tertiary/aromatic N) is 2. The van der Waals surface area contributed by atoms with E-state index in [1.165, 1.54) is 24.8 Å². The summed E-state index contributed by atoms with van der Waals surface area (Å²) in [5.74, 6) is 0.884. The average Bonchev–Trinajstić information content (AvgIpc) is 2.86. The van der Waals surface area contributed by atoms with Crippen LogP contribution in [0.15, 0.2) is 18.3 Å². The van der Waals surface area contributed by atoms with Gasteiger partial charge in [-0.1, -0.05) is 0 Å². The molecule has 1 saturated carbocycles. The fraction of sp³-hybridized carbons (Fsp3) is 0.455. The molecule has 1 aliphatic heterocycles. The van der Waals surface area contributed by atoms with Gasteiger partial charge < -0.3 is 4.90 Å². The standard InChI is InChI=1S/C11H11FN2O/c12-10-2-1-7(4-13-10)11(15)14-5-8-3-9(8)6-14/h1-2,4,8-9H,3,5-6H2. The molecule has 2 heterocycles. The SMILES string of the molecule is O=C(c1ccc(F)nc1)N1CC2CC2C1. The number of carbonyl (C=O) groups excluding carboxylic acids is 1. The van der Waals surface area contributed by atoms with Crippen molar-refractivity contribution in [3.8, 4) is 0 Å². The highest BCUT2D eigenvalue weighted by Crippen LogP contribution is 2.45. The quantitative estimate of drug-likeness (QED) is 0.649. The molecule has 0 N–H and O–H groups in total. The fourth-order valence-electron chi connectivity index (χ4n) is 2.25. The first kappa shape index (κ1) is 8.83. The van der Waals surface area contributed by atoms with E-state index in [-0.39, 0.29) is 5.91 Å². The Bertz CT molecular complexity index is 394. The number of rotatable bonds is 1. The van der Waals surface area contributed by atoms with Crippen LogP contribution in [0.1, 0.15) is 16.8 Å². The van der Waals surface area contributed by atoms with Crippen LogP contribution in [0.3, 0.4) is 0 Å². The highest BCUT2D eigenvalue weighted by Gasteiger charge is 2.46. The molecule has 2 aliphatic rings. The molecule has 2 atom stereocenters. The molecule has 0 bridgehead atoms. The summed E-state index contributed by atoms with van der Waals surface area (Å²) < 4.78 is 12.6. The molecule has 0 radical (unpaired) electrons. The van der Waals surface area contributed by atoms with E-state index in [2.05, 4.69) is 4.98 Å². The highest BCUT2D eigenvalue weighted by atomic mass is 19.1. The zero-order chi connectivity index (χ0) is 10.4. The van der Waals surface area contributed by atoms with Crippen LogP contribution < -0.4 is 0 Å². The number of fused-ring (bicyclic) bond motifs is 1. The number of amides is 1. The molecule has 2 unspecified atom stereocenters. The summed E-state index contributed by atoms with van der Waals surface area (Å²) in [5.41, 5.74) is 0.484. The van der Waals surface area contributed by atoms with Crippen LogP contribution in [0.25, 0.3) is 0 Å². The van der Waals surface area contributed by atoms with Gasteiger partial charge in [-0.25, -0.2) is 4.98 Å². The van der Waals surface area contributed by atoms with Gasteiger partial charge >= 0.3 is 0 Å². The van der Waals surface area contributed by atoms with Crippen molar-refractivity contribution in [3.05, 3.63) is 29.8 Å². The molecule has 78 valence electrons. The third-order valence-electron chi connectivity index (χ3n) is 3.24. The van der Waals surface area contributed by atoms with Crippen molar-refractivity contribution in [2.24, 2.45) is 11.8 Å². The lowest BCUT2D eigenvalue weighted by Gasteiger charge is -2.17. The largest absolute Gasteiger partial charge is 0.338 e. The Kier molecular flexibility index (Phi) is 1.78. The number of hydrogen-bond acceptors (Lipinski definition) is 2. The summed E-state index contributed by atoms with van der Waals surface area (Å²) in [4.78, 5) is 17.2. The number of pyridine rings is 1. The second kappa shape index (κ2) is 3.02. The van der Waals surface area contributed by atoms with Crippen LogP contribution in [0.2, 0.25) is 0 Å². The molecule has 3 rings (SSSR count). The number of carbonyl (C=O) groups is 1. The van der Waals surface area contributed by atoms with Crippen LogP contribution in [-0.2, 0) is 0 Å². The molecule has 4 heteroatoms. The summed E-state index contributed by atoms with van der Waals surface area (Å²) in [7, 11) is 0. The van der Waals surface area contributed by atoms with Gasteiger partial charge in [-0.2, -0.15) is 4.39 Å². The highest BCUT2D eigenvalue weighted by molar-refractivity contribution is 5.94. The van der Waals surface area contributed by atoms with Gasteiger partial charge in [-0.15, -0.1) is 0 Å². The van der Waals surface area contributed by atoms with Crippen molar-refractivity contribution in [2.45, 2.75) is 6.42 Å². The Hall–Kier alpha value is -1.45. The van der Waals surface area contributed by atoms with Crippen molar-refractivity contribution in [2.75, 3.05) is 13.1 Å². The van der Waals surface area contributed by atoms with Crippen molar-refractivity contribution in [1.82, 2.24) is 9.88 Å². The van der Waals surface area contributed by atoms with E-state index in [0.717, 1.165) is 24.9 Å². The topological polar surface area (TPSA) is 33.2 Å². The van der Waals surface area contributed by atoms with Gasteiger partial charge in [0.15, 0.2) is 0 Å². The molecule has 0 spiro atoms. The first-order valence-electron chi connectivity index (χ1n) is 5.15. The van der Waals surface area contributed by atoms with Crippen LogP contribution in [0.5, 0.6) is 0 Å². The average molecular weight is 206 g/mol. The Morgan fingerprint density at radius 2 is 2.13 bits per heavy atom. The first-order valence-corrected chi connectivity index (χ1v) is 5.15. The lowest BCUT2D eigenvalue weighted by molar-refractivity contribution is 0.0775. The van der Waals surface area contributed by atoms with Gasteiger partial charge in [0.25, 0.3) is 5.91 Å². The Morgan fingerprint density at radius 3 is 2.73 bits per heavy atom. The number of piperidine rings is 1. The lowest BCUT2D eigenvalue weighted by Crippen LogP contribution is -2.30. The number of hydrogen-bond donors (Lipinski definition) is 0.